The number of alkyl halides is 3. The van der Waals surface area contributed by atoms with Crippen molar-refractivity contribution in [2.45, 2.75) is 32.2 Å². The minimum absolute atomic E-state index is 0.116. The Bertz CT molecular complexity index is 1000. The molecule has 0 unspecified atom stereocenters. The highest BCUT2D eigenvalue weighted by Gasteiger charge is 2.32. The average Bonchev–Trinajstić information content (AvgIpc) is 3.03. The van der Waals surface area contributed by atoms with E-state index in [-0.39, 0.29) is 18.0 Å². The molecular weight excluding hydrogens is 397 g/mol. The molecule has 3 aromatic rings. The topological polar surface area (TPSA) is 68.5 Å². The number of aromatic nitrogens is 3. The molecule has 10 heteroatoms. The van der Waals surface area contributed by atoms with E-state index < -0.39 is 23.2 Å². The van der Waals surface area contributed by atoms with Crippen LogP contribution in [0, 0.1) is 0 Å². The molecule has 0 bridgehead atoms. The quantitative estimate of drug-likeness (QED) is 0.690. The average molecular weight is 413 g/mol. The summed E-state index contributed by atoms with van der Waals surface area (Å²) in [7, 11) is 0. The second kappa shape index (κ2) is 7.31. The number of carbonyl (C=O) groups is 1. The highest BCUT2D eigenvalue weighted by Crippen LogP contribution is 2.29. The number of nitrogens with zero attached hydrogens (tertiary/aromatic N) is 3. The molecule has 2 heterocycles. The van der Waals surface area contributed by atoms with E-state index in [4.69, 9.17) is 16.3 Å². The number of carbonyl (C=O) groups excluding carboxylic acids is 1. The minimum Gasteiger partial charge on any atom is -0.478 e. The molecule has 3 rings (SSSR count). The van der Waals surface area contributed by atoms with Crippen molar-refractivity contribution in [3.63, 3.8) is 0 Å². The van der Waals surface area contributed by atoms with Gasteiger partial charge in [-0.05, 0) is 50.2 Å². The molecule has 0 aliphatic rings. The second-order valence-corrected chi connectivity index (χ2v) is 6.95. The molecule has 0 aliphatic heterocycles. The van der Waals surface area contributed by atoms with E-state index in [1.54, 1.807) is 38.1 Å². The van der Waals surface area contributed by atoms with E-state index >= 15 is 0 Å². The Hall–Kier alpha value is -2.81. The SMILES string of the molecule is CC(C)(Oc1ccc(Cl)cc1)C(=O)NCc1nnc2ccc(C(F)(F)F)cn12. The van der Waals surface area contributed by atoms with E-state index in [9.17, 15) is 18.0 Å². The summed E-state index contributed by atoms with van der Waals surface area (Å²) >= 11 is 5.82. The van der Waals surface area contributed by atoms with Gasteiger partial charge in [-0.15, -0.1) is 10.2 Å². The Balaban J connectivity index is 1.72. The number of nitrogens with one attached hydrogen (secondary N) is 1. The Morgan fingerprint density at radius 3 is 2.46 bits per heavy atom. The van der Waals surface area contributed by atoms with Crippen molar-refractivity contribution in [2.24, 2.45) is 0 Å². The van der Waals surface area contributed by atoms with Gasteiger partial charge in [0, 0.05) is 11.2 Å². The van der Waals surface area contributed by atoms with Crippen molar-refractivity contribution >= 4 is 23.2 Å². The van der Waals surface area contributed by atoms with Crippen molar-refractivity contribution in [2.75, 3.05) is 0 Å². The molecule has 148 valence electrons. The fraction of sp³-hybridized carbons (Fsp3) is 0.278. The lowest BCUT2D eigenvalue weighted by Gasteiger charge is -2.25. The molecular formula is C18H16ClF3N4O2. The van der Waals surface area contributed by atoms with Crippen LogP contribution in [0.3, 0.4) is 0 Å². The molecule has 0 aliphatic carbocycles. The molecule has 0 saturated carbocycles. The lowest BCUT2D eigenvalue weighted by Crippen LogP contribution is -2.46. The fourth-order valence-electron chi connectivity index (χ4n) is 2.44. The van der Waals surface area contributed by atoms with Gasteiger partial charge in [0.25, 0.3) is 5.91 Å². The van der Waals surface area contributed by atoms with Gasteiger partial charge >= 0.3 is 6.18 Å². The first-order valence-corrected chi connectivity index (χ1v) is 8.58. The maximum atomic E-state index is 12.9. The van der Waals surface area contributed by atoms with Crippen molar-refractivity contribution in [3.05, 3.63) is 59.0 Å². The predicted octanol–water partition coefficient (Wildman–Crippen LogP) is 3.88. The van der Waals surface area contributed by atoms with Crippen LogP contribution in [0.2, 0.25) is 5.02 Å². The van der Waals surface area contributed by atoms with Gasteiger partial charge in [-0.1, -0.05) is 11.6 Å². The zero-order chi connectivity index (χ0) is 20.5. The van der Waals surface area contributed by atoms with Crippen molar-refractivity contribution in [3.8, 4) is 5.75 Å². The highest BCUT2D eigenvalue weighted by molar-refractivity contribution is 6.30. The molecule has 1 N–H and O–H groups in total. The predicted molar refractivity (Wildman–Crippen MR) is 96.0 cm³/mol. The van der Waals surface area contributed by atoms with Gasteiger partial charge in [0.1, 0.15) is 5.75 Å². The fourth-order valence-corrected chi connectivity index (χ4v) is 2.57. The zero-order valence-electron chi connectivity index (χ0n) is 14.9. The number of hydrogen-bond acceptors (Lipinski definition) is 4. The molecule has 1 aromatic carbocycles. The number of amides is 1. The monoisotopic (exact) mass is 412 g/mol. The van der Waals surface area contributed by atoms with Gasteiger partial charge < -0.3 is 10.1 Å². The van der Waals surface area contributed by atoms with Crippen LogP contribution in [-0.4, -0.2) is 26.1 Å². The Morgan fingerprint density at radius 2 is 1.82 bits per heavy atom. The van der Waals surface area contributed by atoms with Crippen LogP contribution in [0.25, 0.3) is 5.65 Å². The Kier molecular flexibility index (Phi) is 5.20. The van der Waals surface area contributed by atoms with Crippen LogP contribution in [0.1, 0.15) is 25.2 Å². The number of rotatable bonds is 5. The molecule has 0 spiro atoms. The molecule has 0 atom stereocenters. The van der Waals surface area contributed by atoms with Gasteiger partial charge in [-0.25, -0.2) is 0 Å². The Morgan fingerprint density at radius 1 is 1.14 bits per heavy atom. The summed E-state index contributed by atoms with van der Waals surface area (Å²) in [6.07, 6.45) is -3.60. The summed E-state index contributed by atoms with van der Waals surface area (Å²) in [5.41, 5.74) is -1.82. The van der Waals surface area contributed by atoms with Crippen LogP contribution < -0.4 is 10.1 Å². The number of hydrogen-bond donors (Lipinski definition) is 1. The van der Waals surface area contributed by atoms with Crippen LogP contribution in [0.5, 0.6) is 5.75 Å². The summed E-state index contributed by atoms with van der Waals surface area (Å²) in [6.45, 7) is 3.02. The zero-order valence-corrected chi connectivity index (χ0v) is 15.7. The second-order valence-electron chi connectivity index (χ2n) is 6.51. The standard InChI is InChI=1S/C18H16ClF3N4O2/c1-17(2,28-13-6-4-12(19)5-7-13)16(27)23-9-15-25-24-14-8-3-11(10-26(14)15)18(20,21)22/h3-8,10H,9H2,1-2H3,(H,23,27). The molecule has 28 heavy (non-hydrogen) atoms. The van der Waals surface area contributed by atoms with E-state index in [1.807, 2.05) is 0 Å². The third-order valence-electron chi connectivity index (χ3n) is 3.94. The third-order valence-corrected chi connectivity index (χ3v) is 4.19. The number of halogens is 4. The lowest BCUT2D eigenvalue weighted by molar-refractivity contribution is -0.138. The smallest absolute Gasteiger partial charge is 0.417 e. The summed E-state index contributed by atoms with van der Waals surface area (Å²) in [5.74, 6) is 0.148. The van der Waals surface area contributed by atoms with Crippen LogP contribution in [-0.2, 0) is 17.5 Å². The number of benzene rings is 1. The maximum Gasteiger partial charge on any atom is 0.417 e. The third kappa shape index (κ3) is 4.36. The van der Waals surface area contributed by atoms with Crippen LogP contribution in [0.15, 0.2) is 42.6 Å². The first-order chi connectivity index (χ1) is 13.1. The molecule has 0 fully saturated rings. The summed E-state index contributed by atoms with van der Waals surface area (Å²) < 4.78 is 45.6. The van der Waals surface area contributed by atoms with Gasteiger partial charge in [0.15, 0.2) is 17.1 Å². The van der Waals surface area contributed by atoms with Gasteiger partial charge in [-0.2, -0.15) is 13.2 Å². The van der Waals surface area contributed by atoms with Crippen molar-refractivity contribution in [1.29, 1.82) is 0 Å². The Labute approximate surface area is 163 Å². The first-order valence-electron chi connectivity index (χ1n) is 8.20. The minimum atomic E-state index is -4.49. The maximum absolute atomic E-state index is 12.9. The van der Waals surface area contributed by atoms with E-state index in [0.717, 1.165) is 12.3 Å². The number of pyridine rings is 1. The van der Waals surface area contributed by atoms with Crippen molar-refractivity contribution < 1.29 is 22.7 Å². The lowest BCUT2D eigenvalue weighted by atomic mass is 10.1. The van der Waals surface area contributed by atoms with Gasteiger partial charge in [-0.3, -0.25) is 9.20 Å². The largest absolute Gasteiger partial charge is 0.478 e. The van der Waals surface area contributed by atoms with Crippen molar-refractivity contribution in [1.82, 2.24) is 19.9 Å². The van der Waals surface area contributed by atoms with Gasteiger partial charge in [0.2, 0.25) is 0 Å². The van der Waals surface area contributed by atoms with Crippen LogP contribution >= 0.6 is 11.6 Å². The summed E-state index contributed by atoms with van der Waals surface area (Å²) in [6, 6.07) is 8.66. The number of fused-ring (bicyclic) bond motifs is 1. The van der Waals surface area contributed by atoms with Crippen LogP contribution in [0.4, 0.5) is 13.2 Å². The number of ether oxygens (including phenoxy) is 1. The molecule has 1 amide bonds. The van der Waals surface area contributed by atoms with E-state index in [1.165, 1.54) is 10.5 Å². The summed E-state index contributed by atoms with van der Waals surface area (Å²) in [4.78, 5) is 12.5. The first kappa shape index (κ1) is 19.9. The summed E-state index contributed by atoms with van der Waals surface area (Å²) in [5, 5.41) is 10.8. The van der Waals surface area contributed by atoms with E-state index in [2.05, 4.69) is 15.5 Å². The molecule has 0 radical (unpaired) electrons. The molecule has 0 saturated heterocycles. The molecule has 2 aromatic heterocycles. The highest BCUT2D eigenvalue weighted by atomic mass is 35.5. The normalized spacial score (nSPS) is 12.2. The molecule has 6 nitrogen and oxygen atoms in total. The van der Waals surface area contributed by atoms with E-state index in [0.29, 0.717) is 10.8 Å². The van der Waals surface area contributed by atoms with Gasteiger partial charge in [0.05, 0.1) is 12.1 Å².